The van der Waals surface area contributed by atoms with E-state index in [1.165, 1.54) is 19.9 Å². The van der Waals surface area contributed by atoms with Crippen LogP contribution in [0.2, 0.25) is 0 Å². The largest absolute Gasteiger partial charge is 0.419 e. The quantitative estimate of drug-likeness (QED) is 0.447. The van der Waals surface area contributed by atoms with E-state index in [1.54, 1.807) is 0 Å². The van der Waals surface area contributed by atoms with Gasteiger partial charge < -0.3 is 0 Å². The van der Waals surface area contributed by atoms with Gasteiger partial charge in [0.1, 0.15) is 5.82 Å². The molecule has 1 aromatic rings. The molecule has 2 nitrogen and oxygen atoms in total. The van der Waals surface area contributed by atoms with Crippen molar-refractivity contribution in [3.05, 3.63) is 35.1 Å². The molecule has 0 atom stereocenters. The summed E-state index contributed by atoms with van der Waals surface area (Å²) in [6, 6.07) is 2.52. The first kappa shape index (κ1) is 13.4. The minimum absolute atomic E-state index is 0.0922. The number of halogens is 4. The van der Waals surface area contributed by atoms with Crippen molar-refractivity contribution in [3.8, 4) is 0 Å². The normalized spacial score (nSPS) is 12.1. The number of aliphatic imine (C=N–C) groups is 1. The van der Waals surface area contributed by atoms with Gasteiger partial charge in [0.2, 0.25) is 6.08 Å². The van der Waals surface area contributed by atoms with Gasteiger partial charge in [-0.05, 0) is 31.5 Å². The highest BCUT2D eigenvalue weighted by atomic mass is 19.4. The molecular weight excluding hydrogens is 238 g/mol. The fourth-order valence-corrected chi connectivity index (χ4v) is 1.30. The molecule has 6 heteroatoms. The summed E-state index contributed by atoms with van der Waals surface area (Å²) in [6.07, 6.45) is -3.50. The summed E-state index contributed by atoms with van der Waals surface area (Å²) in [5.41, 5.74) is -2.45. The summed E-state index contributed by atoms with van der Waals surface area (Å²) in [7, 11) is 0. The van der Waals surface area contributed by atoms with Gasteiger partial charge in [-0.3, -0.25) is 0 Å². The van der Waals surface area contributed by atoms with Crippen molar-refractivity contribution in [2.24, 2.45) is 4.99 Å². The maximum absolute atomic E-state index is 13.0. The Bertz CT molecular complexity index is 473. The minimum atomic E-state index is -4.78. The van der Waals surface area contributed by atoms with E-state index in [-0.39, 0.29) is 5.56 Å². The van der Waals surface area contributed by atoms with Crippen LogP contribution < -0.4 is 0 Å². The van der Waals surface area contributed by atoms with Crippen LogP contribution >= 0.6 is 0 Å². The van der Waals surface area contributed by atoms with E-state index >= 15 is 0 Å². The number of hydrogen-bond acceptors (Lipinski definition) is 2. The first-order valence-electron chi connectivity index (χ1n) is 4.65. The van der Waals surface area contributed by atoms with Crippen molar-refractivity contribution in [1.29, 1.82) is 0 Å². The molecule has 0 unspecified atom stereocenters. The molecule has 0 aliphatic heterocycles. The lowest BCUT2D eigenvalue weighted by molar-refractivity contribution is -0.140. The van der Waals surface area contributed by atoms with Crippen LogP contribution in [-0.4, -0.2) is 6.08 Å². The van der Waals surface area contributed by atoms with E-state index < -0.39 is 23.1 Å². The maximum Gasteiger partial charge on any atom is 0.419 e. The summed E-state index contributed by atoms with van der Waals surface area (Å²) in [6.45, 7) is 2.87. The monoisotopic (exact) mass is 247 g/mol. The zero-order chi connectivity index (χ0) is 13.3. The lowest BCUT2D eigenvalue weighted by atomic mass is 9.93. The van der Waals surface area contributed by atoms with Crippen molar-refractivity contribution in [1.82, 2.24) is 0 Å². The average Bonchev–Trinajstić information content (AvgIpc) is 2.15. The Hall–Kier alpha value is -1.68. The predicted octanol–water partition coefficient (Wildman–Crippen LogP) is 3.42. The van der Waals surface area contributed by atoms with E-state index in [1.807, 2.05) is 0 Å². The van der Waals surface area contributed by atoms with Gasteiger partial charge in [0.25, 0.3) is 0 Å². The van der Waals surface area contributed by atoms with Gasteiger partial charge in [0.05, 0.1) is 11.1 Å². The van der Waals surface area contributed by atoms with E-state index in [0.717, 1.165) is 6.07 Å². The molecule has 0 fully saturated rings. The van der Waals surface area contributed by atoms with Gasteiger partial charge in [-0.15, -0.1) is 0 Å². The number of hydrogen-bond donors (Lipinski definition) is 0. The molecule has 0 amide bonds. The highest BCUT2D eigenvalue weighted by Gasteiger charge is 2.35. The fraction of sp³-hybridized carbons (Fsp3) is 0.364. The van der Waals surface area contributed by atoms with Crippen molar-refractivity contribution in [2.75, 3.05) is 0 Å². The van der Waals surface area contributed by atoms with E-state index in [2.05, 4.69) is 4.99 Å². The number of nitrogens with zero attached hydrogens (tertiary/aromatic N) is 1. The molecule has 0 spiro atoms. The molecule has 0 bridgehead atoms. The topological polar surface area (TPSA) is 29.4 Å². The first-order chi connectivity index (χ1) is 7.68. The van der Waals surface area contributed by atoms with E-state index in [0.29, 0.717) is 12.1 Å². The summed E-state index contributed by atoms with van der Waals surface area (Å²) in [4.78, 5) is 13.5. The third kappa shape index (κ3) is 2.91. The van der Waals surface area contributed by atoms with Crippen LogP contribution in [0, 0.1) is 5.82 Å². The molecular formula is C11H9F4NO. The van der Waals surface area contributed by atoms with Crippen molar-refractivity contribution >= 4 is 6.08 Å². The molecule has 17 heavy (non-hydrogen) atoms. The Morgan fingerprint density at radius 1 is 1.24 bits per heavy atom. The highest BCUT2D eigenvalue weighted by Crippen LogP contribution is 2.34. The van der Waals surface area contributed by atoms with Gasteiger partial charge in [0, 0.05) is 0 Å². The standard InChI is InChI=1S/C11H9F4NO/c1-10(2,16-6-17)7-3-4-9(12)8(5-7)11(13,14)15/h3-5H,1-2H3. The number of alkyl halides is 3. The first-order valence-corrected chi connectivity index (χ1v) is 4.65. The van der Waals surface area contributed by atoms with Crippen LogP contribution in [0.15, 0.2) is 23.2 Å². The zero-order valence-corrected chi connectivity index (χ0v) is 9.10. The highest BCUT2D eigenvalue weighted by molar-refractivity contribution is 5.39. The van der Waals surface area contributed by atoms with Crippen LogP contribution in [-0.2, 0) is 16.5 Å². The summed E-state index contributed by atoms with van der Waals surface area (Å²) in [5.74, 6) is -1.35. The van der Waals surface area contributed by atoms with E-state index in [9.17, 15) is 22.4 Å². The van der Waals surface area contributed by atoms with Gasteiger partial charge in [0.15, 0.2) is 0 Å². The lowest BCUT2D eigenvalue weighted by Gasteiger charge is -2.19. The van der Waals surface area contributed by atoms with Crippen molar-refractivity contribution < 1.29 is 22.4 Å². The number of rotatable bonds is 2. The summed E-state index contributed by atoms with van der Waals surface area (Å²) in [5, 5.41) is 0. The third-order valence-electron chi connectivity index (χ3n) is 2.30. The fourth-order valence-electron chi connectivity index (χ4n) is 1.30. The van der Waals surface area contributed by atoms with Crippen LogP contribution in [0.3, 0.4) is 0 Å². The second-order valence-electron chi connectivity index (χ2n) is 3.95. The lowest BCUT2D eigenvalue weighted by Crippen LogP contribution is -2.16. The smallest absolute Gasteiger partial charge is 0.211 e. The van der Waals surface area contributed by atoms with Gasteiger partial charge in [-0.25, -0.2) is 9.18 Å². The molecule has 0 heterocycles. The number of benzene rings is 1. The molecule has 0 aromatic heterocycles. The van der Waals surface area contributed by atoms with Crippen LogP contribution in [0.25, 0.3) is 0 Å². The van der Waals surface area contributed by atoms with Crippen molar-refractivity contribution in [3.63, 3.8) is 0 Å². The van der Waals surface area contributed by atoms with Gasteiger partial charge >= 0.3 is 6.18 Å². The van der Waals surface area contributed by atoms with Crippen molar-refractivity contribution in [2.45, 2.75) is 25.6 Å². The molecule has 0 saturated heterocycles. The number of carbonyl (C=O) groups excluding carboxylic acids is 1. The summed E-state index contributed by atoms with van der Waals surface area (Å²) < 4.78 is 50.4. The van der Waals surface area contributed by atoms with Gasteiger partial charge in [-0.2, -0.15) is 18.2 Å². The van der Waals surface area contributed by atoms with Crippen LogP contribution in [0.4, 0.5) is 17.6 Å². The second-order valence-corrected chi connectivity index (χ2v) is 3.95. The second kappa shape index (κ2) is 4.30. The molecule has 92 valence electrons. The Morgan fingerprint density at radius 3 is 2.29 bits per heavy atom. The molecule has 0 aliphatic rings. The Balaban J connectivity index is 3.36. The maximum atomic E-state index is 13.0. The molecule has 1 aromatic carbocycles. The van der Waals surface area contributed by atoms with E-state index in [4.69, 9.17) is 0 Å². The third-order valence-corrected chi connectivity index (χ3v) is 2.30. The average molecular weight is 247 g/mol. The van der Waals surface area contributed by atoms with Crippen LogP contribution in [0.5, 0.6) is 0 Å². The molecule has 0 saturated carbocycles. The minimum Gasteiger partial charge on any atom is -0.211 e. The Kier molecular flexibility index (Phi) is 3.38. The number of isocyanates is 1. The van der Waals surface area contributed by atoms with Crippen LogP contribution in [0.1, 0.15) is 25.0 Å². The molecule has 0 N–H and O–H groups in total. The molecule has 0 radical (unpaired) electrons. The van der Waals surface area contributed by atoms with Gasteiger partial charge in [-0.1, -0.05) is 6.07 Å². The Labute approximate surface area is 95.0 Å². The SMILES string of the molecule is CC(C)(N=C=O)c1ccc(F)c(C(F)(F)F)c1. The summed E-state index contributed by atoms with van der Waals surface area (Å²) >= 11 is 0. The predicted molar refractivity (Wildman–Crippen MR) is 52.5 cm³/mol. The zero-order valence-electron chi connectivity index (χ0n) is 9.10. The Morgan fingerprint density at radius 2 is 1.82 bits per heavy atom. The molecule has 1 rings (SSSR count). The molecule has 0 aliphatic carbocycles.